The van der Waals surface area contributed by atoms with Crippen LogP contribution in [0, 0.1) is 5.82 Å². The number of halogens is 3. The molecular weight excluding hydrogens is 308 g/mol. The quantitative estimate of drug-likeness (QED) is 0.786. The Kier molecular flexibility index (Phi) is 4.48. The molecule has 0 aromatic heterocycles. The first-order chi connectivity index (χ1) is 10.1. The van der Waals surface area contributed by atoms with Crippen molar-refractivity contribution in [2.75, 3.05) is 6.54 Å². The van der Waals surface area contributed by atoms with Crippen molar-refractivity contribution in [3.63, 3.8) is 0 Å². The van der Waals surface area contributed by atoms with Crippen molar-refractivity contribution in [3.8, 4) is 0 Å². The third-order valence-corrected chi connectivity index (χ3v) is 4.60. The van der Waals surface area contributed by atoms with Gasteiger partial charge < -0.3 is 5.32 Å². The molecule has 110 valence electrons. The van der Waals surface area contributed by atoms with E-state index in [-0.39, 0.29) is 22.8 Å². The number of piperidine rings is 1. The van der Waals surface area contributed by atoms with Crippen LogP contribution in [0.4, 0.5) is 4.39 Å². The summed E-state index contributed by atoms with van der Waals surface area (Å²) in [5.41, 5.74) is 2.28. The molecule has 2 aromatic carbocycles. The maximum Gasteiger partial charge on any atom is 0.141 e. The standard InChI is InChI=1S/C17H16Cl2FN/c18-13-6-3-11(4-7-13)17-14(2-1-9-21-17)12-5-8-16(20)15(19)10-12/h3-8,10,14,17,21H,1-2,9H2/t14-,17-/m1/s1. The van der Waals surface area contributed by atoms with Gasteiger partial charge in [0, 0.05) is 17.0 Å². The molecule has 0 bridgehead atoms. The fourth-order valence-electron chi connectivity index (χ4n) is 3.01. The zero-order chi connectivity index (χ0) is 14.8. The van der Waals surface area contributed by atoms with Gasteiger partial charge in [0.25, 0.3) is 0 Å². The Morgan fingerprint density at radius 1 is 1.00 bits per heavy atom. The van der Waals surface area contributed by atoms with Crippen LogP contribution in [-0.2, 0) is 0 Å². The second-order valence-corrected chi connectivity index (χ2v) is 6.25. The van der Waals surface area contributed by atoms with Gasteiger partial charge in [-0.05, 0) is 54.8 Å². The molecule has 0 aliphatic carbocycles. The predicted octanol–water partition coefficient (Wildman–Crippen LogP) is 5.34. The highest BCUT2D eigenvalue weighted by atomic mass is 35.5. The lowest BCUT2D eigenvalue weighted by Crippen LogP contribution is -2.33. The highest BCUT2D eigenvalue weighted by Crippen LogP contribution is 2.38. The van der Waals surface area contributed by atoms with Crippen LogP contribution in [0.1, 0.15) is 35.9 Å². The fraction of sp³-hybridized carbons (Fsp3) is 0.294. The summed E-state index contributed by atoms with van der Waals surface area (Å²) in [7, 11) is 0. The molecule has 0 spiro atoms. The van der Waals surface area contributed by atoms with Crippen LogP contribution in [-0.4, -0.2) is 6.54 Å². The molecule has 1 nitrogen and oxygen atoms in total. The van der Waals surface area contributed by atoms with E-state index in [1.165, 1.54) is 11.6 Å². The molecule has 1 N–H and O–H groups in total. The van der Waals surface area contributed by atoms with Gasteiger partial charge in [-0.25, -0.2) is 4.39 Å². The summed E-state index contributed by atoms with van der Waals surface area (Å²) in [6.07, 6.45) is 2.16. The third-order valence-electron chi connectivity index (χ3n) is 4.06. The van der Waals surface area contributed by atoms with Crippen LogP contribution in [0.15, 0.2) is 42.5 Å². The lowest BCUT2D eigenvalue weighted by atomic mass is 9.81. The zero-order valence-electron chi connectivity index (χ0n) is 11.5. The lowest BCUT2D eigenvalue weighted by molar-refractivity contribution is 0.358. The summed E-state index contributed by atoms with van der Waals surface area (Å²) in [6, 6.07) is 13.1. The van der Waals surface area contributed by atoms with Gasteiger partial charge in [-0.15, -0.1) is 0 Å². The molecule has 0 saturated carbocycles. The first-order valence-electron chi connectivity index (χ1n) is 7.09. The average molecular weight is 324 g/mol. The first kappa shape index (κ1) is 14.8. The van der Waals surface area contributed by atoms with E-state index in [9.17, 15) is 4.39 Å². The predicted molar refractivity (Wildman–Crippen MR) is 85.6 cm³/mol. The molecule has 1 aliphatic heterocycles. The Morgan fingerprint density at radius 3 is 2.43 bits per heavy atom. The summed E-state index contributed by atoms with van der Waals surface area (Å²) >= 11 is 11.9. The number of hydrogen-bond donors (Lipinski definition) is 1. The van der Waals surface area contributed by atoms with Gasteiger partial charge in [0.05, 0.1) is 5.02 Å². The van der Waals surface area contributed by atoms with Gasteiger partial charge in [-0.3, -0.25) is 0 Å². The van der Waals surface area contributed by atoms with E-state index in [4.69, 9.17) is 23.2 Å². The molecule has 0 amide bonds. The highest BCUT2D eigenvalue weighted by molar-refractivity contribution is 6.31. The topological polar surface area (TPSA) is 12.0 Å². The summed E-state index contributed by atoms with van der Waals surface area (Å²) in [5, 5.41) is 4.48. The van der Waals surface area contributed by atoms with Crippen LogP contribution in [0.5, 0.6) is 0 Å². The molecule has 21 heavy (non-hydrogen) atoms. The zero-order valence-corrected chi connectivity index (χ0v) is 13.0. The van der Waals surface area contributed by atoms with E-state index in [1.807, 2.05) is 30.3 Å². The highest BCUT2D eigenvalue weighted by Gasteiger charge is 2.27. The van der Waals surface area contributed by atoms with Crippen molar-refractivity contribution in [1.29, 1.82) is 0 Å². The van der Waals surface area contributed by atoms with Gasteiger partial charge in [-0.1, -0.05) is 41.4 Å². The molecule has 0 unspecified atom stereocenters. The van der Waals surface area contributed by atoms with E-state index in [0.717, 1.165) is 30.0 Å². The molecule has 2 aromatic rings. The minimum atomic E-state index is -0.368. The smallest absolute Gasteiger partial charge is 0.141 e. The molecule has 1 saturated heterocycles. The Labute approximate surface area is 134 Å². The molecule has 1 heterocycles. The second-order valence-electron chi connectivity index (χ2n) is 5.41. The summed E-state index contributed by atoms with van der Waals surface area (Å²) in [4.78, 5) is 0. The summed E-state index contributed by atoms with van der Waals surface area (Å²) < 4.78 is 13.4. The van der Waals surface area contributed by atoms with Crippen molar-refractivity contribution in [2.24, 2.45) is 0 Å². The van der Waals surface area contributed by atoms with Gasteiger partial charge in [0.2, 0.25) is 0 Å². The summed E-state index contributed by atoms with van der Waals surface area (Å²) in [6.45, 7) is 0.985. The largest absolute Gasteiger partial charge is 0.309 e. The summed E-state index contributed by atoms with van der Waals surface area (Å²) in [5.74, 6) is -0.0785. The van der Waals surface area contributed by atoms with Gasteiger partial charge in [-0.2, -0.15) is 0 Å². The van der Waals surface area contributed by atoms with E-state index < -0.39 is 0 Å². The van der Waals surface area contributed by atoms with Crippen LogP contribution in [0.2, 0.25) is 10.0 Å². The van der Waals surface area contributed by atoms with Gasteiger partial charge in [0.1, 0.15) is 5.82 Å². The van der Waals surface area contributed by atoms with E-state index >= 15 is 0 Å². The van der Waals surface area contributed by atoms with Crippen LogP contribution in [0.3, 0.4) is 0 Å². The molecule has 0 radical (unpaired) electrons. The fourth-order valence-corrected chi connectivity index (χ4v) is 3.33. The van der Waals surface area contributed by atoms with E-state index in [1.54, 1.807) is 6.07 Å². The van der Waals surface area contributed by atoms with Crippen LogP contribution < -0.4 is 5.32 Å². The van der Waals surface area contributed by atoms with E-state index in [2.05, 4.69) is 5.32 Å². The number of hydrogen-bond acceptors (Lipinski definition) is 1. The molecular formula is C17H16Cl2FN. The van der Waals surface area contributed by atoms with Crippen molar-refractivity contribution < 1.29 is 4.39 Å². The van der Waals surface area contributed by atoms with Crippen molar-refractivity contribution in [1.82, 2.24) is 5.32 Å². The number of nitrogens with one attached hydrogen (secondary N) is 1. The minimum absolute atomic E-state index is 0.188. The number of rotatable bonds is 2. The molecule has 2 atom stereocenters. The van der Waals surface area contributed by atoms with Crippen molar-refractivity contribution in [3.05, 3.63) is 69.5 Å². The Balaban J connectivity index is 1.94. The SMILES string of the molecule is Fc1ccc([C@H]2CCCN[C@@H]2c2ccc(Cl)cc2)cc1Cl. The molecule has 1 aliphatic rings. The molecule has 4 heteroatoms. The normalized spacial score (nSPS) is 22.2. The van der Waals surface area contributed by atoms with Crippen molar-refractivity contribution in [2.45, 2.75) is 24.8 Å². The number of benzene rings is 2. The lowest BCUT2D eigenvalue weighted by Gasteiger charge is -2.33. The van der Waals surface area contributed by atoms with Gasteiger partial charge in [0.15, 0.2) is 0 Å². The Morgan fingerprint density at radius 2 is 1.71 bits per heavy atom. The third kappa shape index (κ3) is 3.23. The maximum absolute atomic E-state index is 13.4. The van der Waals surface area contributed by atoms with Crippen LogP contribution >= 0.6 is 23.2 Å². The van der Waals surface area contributed by atoms with Gasteiger partial charge >= 0.3 is 0 Å². The van der Waals surface area contributed by atoms with Crippen LogP contribution in [0.25, 0.3) is 0 Å². The second kappa shape index (κ2) is 6.35. The molecule has 1 fully saturated rings. The minimum Gasteiger partial charge on any atom is -0.309 e. The average Bonchev–Trinajstić information content (AvgIpc) is 2.51. The Hall–Kier alpha value is -1.09. The first-order valence-corrected chi connectivity index (χ1v) is 7.84. The monoisotopic (exact) mass is 323 g/mol. The molecule has 3 rings (SSSR count). The maximum atomic E-state index is 13.4. The van der Waals surface area contributed by atoms with Crippen molar-refractivity contribution >= 4 is 23.2 Å². The van der Waals surface area contributed by atoms with E-state index in [0.29, 0.717) is 0 Å². The Bertz CT molecular complexity index is 627.